The van der Waals surface area contributed by atoms with Gasteiger partial charge in [-0.3, -0.25) is 48.8 Å². The quantitative estimate of drug-likeness (QED) is 0.179. The fourth-order valence-corrected chi connectivity index (χ4v) is 10.7. The molecular formula is C47H47BrN10O7. The van der Waals surface area contributed by atoms with Crippen LogP contribution in [0.2, 0.25) is 0 Å². The summed E-state index contributed by atoms with van der Waals surface area (Å²) in [6.45, 7) is 8.57. The number of pyridine rings is 3. The molecule has 4 aromatic heterocycles. The number of hydrogen-bond donors (Lipinski definition) is 3. The number of anilines is 4. The van der Waals surface area contributed by atoms with Crippen molar-refractivity contribution in [2.75, 3.05) is 47.8 Å². The number of aliphatic hydroxyl groups is 1. The predicted octanol–water partition coefficient (Wildman–Crippen LogP) is 4.15. The zero-order chi connectivity index (χ0) is 45.5. The minimum absolute atomic E-state index is 0.0548. The molecule has 5 amide bonds. The highest BCUT2D eigenvalue weighted by atomic mass is 79.9. The molecule has 334 valence electrons. The SMILES string of the molecule is Cn1cc(-c2ccnc(N3CCn4c(cc5c4CC(C)(C)C5)C3=O)c2CO)cc(Nc2ccc(N3CCN(Cc4ccc5c(c4Br)C(=O)N(C4CCC(=O)NC4=O)C5=O)CC3)cn2)c1=O. The second-order valence-corrected chi connectivity index (χ2v) is 19.0. The summed E-state index contributed by atoms with van der Waals surface area (Å²) in [5, 5.41) is 16.2. The van der Waals surface area contributed by atoms with Gasteiger partial charge >= 0.3 is 0 Å². The number of fused-ring (bicyclic) bond motifs is 4. The normalized spacial score (nSPS) is 19.4. The number of hydrogen-bond acceptors (Lipinski definition) is 12. The molecular weight excluding hydrogens is 896 g/mol. The van der Waals surface area contributed by atoms with E-state index < -0.39 is 29.7 Å². The molecule has 2 saturated heterocycles. The first-order valence-corrected chi connectivity index (χ1v) is 22.5. The number of piperazine rings is 1. The first-order chi connectivity index (χ1) is 31.2. The standard InChI is InChI=1S/C47H47BrN10O7/c1-47(2)20-27-19-35-45(64)57(17-16-56(35)36(27)21-47)41-32(25-59)30(10-11-49-41)28-18-33(44(63)53(3)23-28)51-37-8-5-29(22-50-37)55-14-12-54(13-15-55)24-26-4-6-31-39(40(26)48)46(65)58(43(31)62)34-7-9-38(60)52-42(34)61/h4-6,8,10-11,18-19,22-23,34,59H,7,9,12-17,20-21,24-25H2,1-3H3,(H,50,51)(H,52,60,61). The third-order valence-electron chi connectivity index (χ3n) is 13.3. The summed E-state index contributed by atoms with van der Waals surface area (Å²) in [7, 11) is 1.66. The Morgan fingerprint density at radius 1 is 0.892 bits per heavy atom. The third kappa shape index (κ3) is 7.42. The van der Waals surface area contributed by atoms with E-state index >= 15 is 0 Å². The maximum Gasteiger partial charge on any atom is 0.276 e. The number of halogens is 1. The second-order valence-electron chi connectivity index (χ2n) is 18.2. The van der Waals surface area contributed by atoms with Crippen LogP contribution in [-0.4, -0.2) is 102 Å². The Balaban J connectivity index is 0.798. The van der Waals surface area contributed by atoms with Crippen molar-refractivity contribution in [2.24, 2.45) is 12.5 Å². The summed E-state index contributed by atoms with van der Waals surface area (Å²) >= 11 is 3.59. The van der Waals surface area contributed by atoms with Gasteiger partial charge in [0, 0.05) is 93.0 Å². The largest absolute Gasteiger partial charge is 0.392 e. The highest BCUT2D eigenvalue weighted by Gasteiger charge is 2.46. The predicted molar refractivity (Wildman–Crippen MR) is 244 cm³/mol. The lowest BCUT2D eigenvalue weighted by Crippen LogP contribution is -2.54. The molecule has 10 rings (SSSR count). The molecule has 4 aliphatic heterocycles. The topological polar surface area (TPSA) is 195 Å². The summed E-state index contributed by atoms with van der Waals surface area (Å²) in [6, 6.07) is 11.7. The van der Waals surface area contributed by atoms with Crippen LogP contribution in [0.3, 0.4) is 0 Å². The van der Waals surface area contributed by atoms with E-state index in [1.807, 2.05) is 24.3 Å². The van der Waals surface area contributed by atoms with Gasteiger partial charge in [0.2, 0.25) is 11.8 Å². The van der Waals surface area contributed by atoms with E-state index in [0.717, 1.165) is 29.0 Å². The first-order valence-electron chi connectivity index (χ1n) is 21.8. The number of aryl methyl sites for hydroxylation is 1. The fourth-order valence-electron chi connectivity index (χ4n) is 10.1. The van der Waals surface area contributed by atoms with Gasteiger partial charge in [0.1, 0.15) is 29.1 Å². The van der Waals surface area contributed by atoms with Gasteiger partial charge in [-0.1, -0.05) is 19.9 Å². The lowest BCUT2D eigenvalue weighted by Gasteiger charge is -2.36. The number of benzene rings is 1. The minimum atomic E-state index is -1.03. The number of carbonyl (C=O) groups is 5. The molecule has 5 aliphatic rings. The van der Waals surface area contributed by atoms with Gasteiger partial charge in [-0.25, -0.2) is 9.97 Å². The molecule has 8 heterocycles. The number of nitrogens with zero attached hydrogens (tertiary/aromatic N) is 8. The summed E-state index contributed by atoms with van der Waals surface area (Å²) in [5.74, 6) is -1.44. The summed E-state index contributed by atoms with van der Waals surface area (Å²) in [4.78, 5) is 94.8. The second kappa shape index (κ2) is 16.2. The van der Waals surface area contributed by atoms with Crippen LogP contribution in [0.4, 0.5) is 23.0 Å². The van der Waals surface area contributed by atoms with Gasteiger partial charge in [0.05, 0.1) is 29.6 Å². The molecule has 65 heavy (non-hydrogen) atoms. The lowest BCUT2D eigenvalue weighted by atomic mass is 9.90. The van der Waals surface area contributed by atoms with Crippen LogP contribution >= 0.6 is 15.9 Å². The van der Waals surface area contributed by atoms with Crippen LogP contribution in [0.1, 0.15) is 80.3 Å². The molecule has 1 aliphatic carbocycles. The molecule has 17 nitrogen and oxygen atoms in total. The molecule has 0 bridgehead atoms. The van der Waals surface area contributed by atoms with Crippen molar-refractivity contribution >= 4 is 68.5 Å². The van der Waals surface area contributed by atoms with Crippen molar-refractivity contribution in [3.63, 3.8) is 0 Å². The van der Waals surface area contributed by atoms with Gasteiger partial charge in [0.15, 0.2) is 0 Å². The zero-order valence-corrected chi connectivity index (χ0v) is 37.8. The van der Waals surface area contributed by atoms with Crippen LogP contribution in [0, 0.1) is 5.41 Å². The average Bonchev–Trinajstić information content (AvgIpc) is 3.87. The summed E-state index contributed by atoms with van der Waals surface area (Å²) in [6.07, 6.45) is 7.11. The molecule has 1 unspecified atom stereocenters. The molecule has 2 fully saturated rings. The molecule has 0 spiro atoms. The number of nitrogens with one attached hydrogen (secondary N) is 2. The van der Waals surface area contributed by atoms with Crippen LogP contribution < -0.4 is 26.0 Å². The Kier molecular flexibility index (Phi) is 10.6. The lowest BCUT2D eigenvalue weighted by molar-refractivity contribution is -0.136. The fraction of sp³-hybridized carbons (Fsp3) is 0.362. The molecule has 18 heteroatoms. The van der Waals surface area contributed by atoms with Gasteiger partial charge in [-0.05, 0) is 93.7 Å². The van der Waals surface area contributed by atoms with E-state index in [-0.39, 0.29) is 53.1 Å². The number of carbonyl (C=O) groups excluding carboxylic acids is 5. The minimum Gasteiger partial charge on any atom is -0.392 e. The molecule has 1 atom stereocenters. The van der Waals surface area contributed by atoms with E-state index in [0.29, 0.717) is 84.3 Å². The smallest absolute Gasteiger partial charge is 0.276 e. The summed E-state index contributed by atoms with van der Waals surface area (Å²) in [5.41, 5.74) is 7.32. The van der Waals surface area contributed by atoms with E-state index in [1.54, 1.807) is 48.7 Å². The van der Waals surface area contributed by atoms with Crippen molar-refractivity contribution in [3.8, 4) is 11.1 Å². The van der Waals surface area contributed by atoms with Crippen molar-refractivity contribution in [1.82, 2.24) is 34.2 Å². The van der Waals surface area contributed by atoms with Crippen LogP contribution in [0.5, 0.6) is 0 Å². The Morgan fingerprint density at radius 2 is 1.69 bits per heavy atom. The third-order valence-corrected chi connectivity index (χ3v) is 14.2. The Hall–Kier alpha value is -6.50. The molecule has 1 aromatic carbocycles. The monoisotopic (exact) mass is 942 g/mol. The maximum atomic E-state index is 14.0. The van der Waals surface area contributed by atoms with E-state index in [2.05, 4.69) is 64.7 Å². The number of rotatable bonds is 9. The van der Waals surface area contributed by atoms with Crippen LogP contribution in [0.15, 0.2) is 70.3 Å². The number of imide groups is 2. The number of piperidine rings is 1. The van der Waals surface area contributed by atoms with Crippen molar-refractivity contribution < 1.29 is 29.1 Å². The Morgan fingerprint density at radius 3 is 2.43 bits per heavy atom. The number of aromatic nitrogens is 4. The van der Waals surface area contributed by atoms with Crippen LogP contribution in [-0.2, 0) is 49.2 Å². The van der Waals surface area contributed by atoms with Crippen LogP contribution in [0.25, 0.3) is 11.1 Å². The van der Waals surface area contributed by atoms with Gasteiger partial charge in [0.25, 0.3) is 23.3 Å². The zero-order valence-electron chi connectivity index (χ0n) is 36.2. The number of amides is 5. The molecule has 0 radical (unpaired) electrons. The molecule has 3 N–H and O–H groups in total. The van der Waals surface area contributed by atoms with E-state index in [1.165, 1.54) is 15.8 Å². The van der Waals surface area contributed by atoms with Crippen molar-refractivity contribution in [1.29, 1.82) is 0 Å². The molecule has 5 aromatic rings. The maximum absolute atomic E-state index is 14.0. The Bertz CT molecular complexity index is 2920. The van der Waals surface area contributed by atoms with Crippen molar-refractivity contribution in [2.45, 2.75) is 65.3 Å². The van der Waals surface area contributed by atoms with Crippen molar-refractivity contribution in [3.05, 3.63) is 115 Å². The first kappa shape index (κ1) is 42.5. The number of aliphatic hydroxyl groups excluding tert-OH is 1. The van der Waals surface area contributed by atoms with Gasteiger partial charge < -0.3 is 24.5 Å². The van der Waals surface area contributed by atoms with Gasteiger partial charge in [-0.15, -0.1) is 0 Å². The van der Waals surface area contributed by atoms with Gasteiger partial charge in [-0.2, -0.15) is 0 Å². The molecule has 0 saturated carbocycles. The van der Waals surface area contributed by atoms with E-state index in [4.69, 9.17) is 0 Å². The highest BCUT2D eigenvalue weighted by Crippen LogP contribution is 2.41. The summed E-state index contributed by atoms with van der Waals surface area (Å²) < 4.78 is 4.15. The highest BCUT2D eigenvalue weighted by molar-refractivity contribution is 9.10. The van der Waals surface area contributed by atoms with E-state index in [9.17, 15) is 33.9 Å². The Labute approximate surface area is 382 Å². The average molecular weight is 944 g/mol.